The Morgan fingerprint density at radius 2 is 2.05 bits per heavy atom. The molecular formula is C16H20ClNO4. The van der Waals surface area contributed by atoms with Gasteiger partial charge in [-0.05, 0) is 17.5 Å². The summed E-state index contributed by atoms with van der Waals surface area (Å²) in [7, 11) is 0. The Kier molecular flexibility index (Phi) is 6.92. The molecule has 1 rings (SSSR count). The number of hydrogen-bond donors (Lipinski definition) is 1. The van der Waals surface area contributed by atoms with Gasteiger partial charge in [-0.25, -0.2) is 9.59 Å². The van der Waals surface area contributed by atoms with E-state index in [4.69, 9.17) is 16.3 Å². The minimum Gasteiger partial charge on any atom is -0.480 e. The minimum atomic E-state index is -1.09. The van der Waals surface area contributed by atoms with E-state index in [-0.39, 0.29) is 19.1 Å². The number of carbonyl (C=O) groups is 2. The van der Waals surface area contributed by atoms with Crippen LogP contribution in [0.4, 0.5) is 4.79 Å². The van der Waals surface area contributed by atoms with Crippen molar-refractivity contribution in [3.8, 4) is 0 Å². The van der Waals surface area contributed by atoms with Gasteiger partial charge in [0.05, 0.1) is 6.54 Å². The second kappa shape index (κ2) is 8.44. The average Bonchev–Trinajstić information content (AvgIpc) is 2.45. The molecule has 120 valence electrons. The molecule has 6 heteroatoms. The highest BCUT2D eigenvalue weighted by Crippen LogP contribution is 2.21. The van der Waals surface area contributed by atoms with Gasteiger partial charge in [-0.3, -0.25) is 4.90 Å². The van der Waals surface area contributed by atoms with Gasteiger partial charge in [0.15, 0.2) is 0 Å². The number of carbonyl (C=O) groups excluding carboxylic acids is 1. The first-order valence-electron chi connectivity index (χ1n) is 6.89. The van der Waals surface area contributed by atoms with Crippen LogP contribution in [0.3, 0.4) is 0 Å². The second-order valence-corrected chi connectivity index (χ2v) is 5.52. The zero-order chi connectivity index (χ0) is 16.7. The van der Waals surface area contributed by atoms with Gasteiger partial charge in [0.2, 0.25) is 0 Å². The minimum absolute atomic E-state index is 0.0162. The fourth-order valence-corrected chi connectivity index (χ4v) is 2.27. The Morgan fingerprint density at radius 1 is 1.41 bits per heavy atom. The molecular weight excluding hydrogens is 306 g/mol. The fraction of sp³-hybridized carbons (Fsp3) is 0.375. The maximum atomic E-state index is 12.2. The van der Waals surface area contributed by atoms with E-state index in [1.807, 2.05) is 0 Å². The topological polar surface area (TPSA) is 66.8 Å². The molecule has 0 bridgehead atoms. The average molecular weight is 326 g/mol. The third-order valence-corrected chi connectivity index (χ3v) is 3.45. The zero-order valence-corrected chi connectivity index (χ0v) is 13.4. The van der Waals surface area contributed by atoms with Crippen LogP contribution in [0.25, 0.3) is 0 Å². The summed E-state index contributed by atoms with van der Waals surface area (Å²) in [4.78, 5) is 24.9. The number of hydrogen-bond acceptors (Lipinski definition) is 3. The standard InChI is InChI=1S/C16H20ClNO4/c1-4-9-22-16(21)18(14(11(2)3)15(19)20)10-12-7-5-6-8-13(12)17/h4-8,11,14H,1,9-10H2,2-3H3,(H,19,20). The third-order valence-electron chi connectivity index (χ3n) is 3.08. The maximum absolute atomic E-state index is 12.2. The molecule has 0 aliphatic carbocycles. The van der Waals surface area contributed by atoms with Crippen LogP contribution < -0.4 is 0 Å². The van der Waals surface area contributed by atoms with Crippen molar-refractivity contribution >= 4 is 23.7 Å². The maximum Gasteiger partial charge on any atom is 0.411 e. The number of carboxylic acids is 1. The highest BCUT2D eigenvalue weighted by atomic mass is 35.5. The van der Waals surface area contributed by atoms with Crippen LogP contribution in [0.5, 0.6) is 0 Å². The third kappa shape index (κ3) is 4.77. The summed E-state index contributed by atoms with van der Waals surface area (Å²) < 4.78 is 5.01. The summed E-state index contributed by atoms with van der Waals surface area (Å²) >= 11 is 6.10. The quantitative estimate of drug-likeness (QED) is 0.778. The van der Waals surface area contributed by atoms with Crippen LogP contribution in [0.2, 0.25) is 5.02 Å². The normalized spacial score (nSPS) is 11.8. The number of halogens is 1. The van der Waals surface area contributed by atoms with Gasteiger partial charge in [0.1, 0.15) is 12.6 Å². The SMILES string of the molecule is C=CCOC(=O)N(Cc1ccccc1Cl)C(C(=O)O)C(C)C. The van der Waals surface area contributed by atoms with E-state index in [9.17, 15) is 14.7 Å². The lowest BCUT2D eigenvalue weighted by Crippen LogP contribution is -2.47. The van der Waals surface area contributed by atoms with Crippen LogP contribution >= 0.6 is 11.6 Å². The zero-order valence-electron chi connectivity index (χ0n) is 12.7. The van der Waals surface area contributed by atoms with Crippen molar-refractivity contribution in [3.63, 3.8) is 0 Å². The van der Waals surface area contributed by atoms with Gasteiger partial charge in [-0.15, -0.1) is 0 Å². The molecule has 22 heavy (non-hydrogen) atoms. The van der Waals surface area contributed by atoms with E-state index in [0.717, 1.165) is 0 Å². The Balaban J connectivity index is 3.09. The van der Waals surface area contributed by atoms with Crippen molar-refractivity contribution < 1.29 is 19.4 Å². The first-order chi connectivity index (χ1) is 10.4. The molecule has 1 amide bonds. The largest absolute Gasteiger partial charge is 0.480 e. The van der Waals surface area contributed by atoms with Crippen molar-refractivity contribution in [1.82, 2.24) is 4.90 Å². The second-order valence-electron chi connectivity index (χ2n) is 5.11. The molecule has 1 unspecified atom stereocenters. The summed E-state index contributed by atoms with van der Waals surface area (Å²) in [6.45, 7) is 7.02. The number of amides is 1. The Hall–Kier alpha value is -2.01. The van der Waals surface area contributed by atoms with Crippen molar-refractivity contribution in [2.45, 2.75) is 26.4 Å². The lowest BCUT2D eigenvalue weighted by atomic mass is 10.0. The van der Waals surface area contributed by atoms with E-state index in [2.05, 4.69) is 6.58 Å². The van der Waals surface area contributed by atoms with E-state index < -0.39 is 18.1 Å². The van der Waals surface area contributed by atoms with E-state index in [0.29, 0.717) is 10.6 Å². The van der Waals surface area contributed by atoms with Crippen LogP contribution in [0, 0.1) is 5.92 Å². The summed E-state index contributed by atoms with van der Waals surface area (Å²) in [6, 6.07) is 5.97. The monoisotopic (exact) mass is 325 g/mol. The van der Waals surface area contributed by atoms with Gasteiger partial charge < -0.3 is 9.84 Å². The van der Waals surface area contributed by atoms with Gasteiger partial charge in [0.25, 0.3) is 0 Å². The van der Waals surface area contributed by atoms with Crippen LogP contribution in [-0.2, 0) is 16.1 Å². The lowest BCUT2D eigenvalue weighted by molar-refractivity contribution is -0.144. The molecule has 0 fully saturated rings. The number of rotatable bonds is 7. The smallest absolute Gasteiger partial charge is 0.411 e. The highest BCUT2D eigenvalue weighted by molar-refractivity contribution is 6.31. The Morgan fingerprint density at radius 3 is 2.55 bits per heavy atom. The lowest BCUT2D eigenvalue weighted by Gasteiger charge is -2.30. The Labute approximate surface area is 135 Å². The van der Waals surface area contributed by atoms with Crippen LogP contribution in [-0.4, -0.2) is 34.7 Å². The molecule has 0 radical (unpaired) electrons. The highest BCUT2D eigenvalue weighted by Gasteiger charge is 2.33. The molecule has 0 aromatic heterocycles. The van der Waals surface area contributed by atoms with Crippen molar-refractivity contribution in [3.05, 3.63) is 47.5 Å². The molecule has 1 atom stereocenters. The van der Waals surface area contributed by atoms with Gasteiger partial charge >= 0.3 is 12.1 Å². The molecule has 0 aliphatic heterocycles. The number of benzene rings is 1. The van der Waals surface area contributed by atoms with Crippen LogP contribution in [0.1, 0.15) is 19.4 Å². The molecule has 1 aromatic rings. The molecule has 1 aromatic carbocycles. The van der Waals surface area contributed by atoms with Crippen molar-refractivity contribution in [2.75, 3.05) is 6.61 Å². The number of nitrogens with zero attached hydrogens (tertiary/aromatic N) is 1. The molecule has 0 aliphatic rings. The Bertz CT molecular complexity index is 545. The summed E-state index contributed by atoms with van der Waals surface area (Å²) in [6.07, 6.45) is 0.720. The van der Waals surface area contributed by atoms with Crippen molar-refractivity contribution in [1.29, 1.82) is 0 Å². The molecule has 5 nitrogen and oxygen atoms in total. The van der Waals surface area contributed by atoms with Gasteiger partial charge in [-0.2, -0.15) is 0 Å². The summed E-state index contributed by atoms with van der Waals surface area (Å²) in [5.74, 6) is -1.37. The van der Waals surface area contributed by atoms with Crippen LogP contribution in [0.15, 0.2) is 36.9 Å². The molecule has 0 saturated heterocycles. The van der Waals surface area contributed by atoms with E-state index in [1.54, 1.807) is 38.1 Å². The molecule has 1 N–H and O–H groups in total. The molecule has 0 heterocycles. The first-order valence-corrected chi connectivity index (χ1v) is 7.26. The van der Waals surface area contributed by atoms with Gasteiger partial charge in [0, 0.05) is 5.02 Å². The first kappa shape index (κ1) is 18.0. The summed E-state index contributed by atoms with van der Waals surface area (Å²) in [5.41, 5.74) is 0.659. The predicted molar refractivity (Wildman–Crippen MR) is 84.8 cm³/mol. The molecule has 0 spiro atoms. The number of ether oxygens (including phenoxy) is 1. The van der Waals surface area contributed by atoms with E-state index in [1.165, 1.54) is 11.0 Å². The summed E-state index contributed by atoms with van der Waals surface area (Å²) in [5, 5.41) is 9.90. The fourth-order valence-electron chi connectivity index (χ4n) is 2.08. The van der Waals surface area contributed by atoms with E-state index >= 15 is 0 Å². The number of carboxylic acid groups (broad SMARTS) is 1. The van der Waals surface area contributed by atoms with Gasteiger partial charge in [-0.1, -0.05) is 56.3 Å². The van der Waals surface area contributed by atoms with Crippen molar-refractivity contribution in [2.24, 2.45) is 5.92 Å². The molecule has 0 saturated carbocycles. The number of aliphatic carboxylic acids is 1. The predicted octanol–water partition coefficient (Wildman–Crippen LogP) is 3.57.